The van der Waals surface area contributed by atoms with Crippen LogP contribution in [0.25, 0.3) is 0 Å². The standard InChI is InChI=1S/C20H34O2S/c1-4-6-8-9-10-11-12-14-18(13-7-5-2)23-20-19(17(3)21)15-16-22-20/h15-16,18H,4-14H2,1-3H3. The summed E-state index contributed by atoms with van der Waals surface area (Å²) in [6.45, 7) is 6.12. The van der Waals surface area contributed by atoms with Crippen molar-refractivity contribution >= 4 is 17.5 Å². The molecule has 0 aliphatic rings. The van der Waals surface area contributed by atoms with Crippen molar-refractivity contribution in [2.45, 2.75) is 102 Å². The lowest BCUT2D eigenvalue weighted by atomic mass is 10.1. The van der Waals surface area contributed by atoms with Crippen LogP contribution in [0.4, 0.5) is 0 Å². The molecule has 0 N–H and O–H groups in total. The molecule has 1 aromatic rings. The van der Waals surface area contributed by atoms with Gasteiger partial charge in [0.25, 0.3) is 0 Å². The molecule has 1 atom stereocenters. The Bertz CT molecular complexity index is 425. The van der Waals surface area contributed by atoms with Crippen LogP contribution in [0, 0.1) is 0 Å². The maximum atomic E-state index is 11.6. The number of rotatable bonds is 14. The van der Waals surface area contributed by atoms with E-state index in [9.17, 15) is 4.79 Å². The first-order valence-corrected chi connectivity index (χ1v) is 10.3. The van der Waals surface area contributed by atoms with E-state index in [1.54, 1.807) is 31.0 Å². The molecule has 0 spiro atoms. The van der Waals surface area contributed by atoms with Crippen molar-refractivity contribution in [1.29, 1.82) is 0 Å². The lowest BCUT2D eigenvalue weighted by molar-refractivity contribution is 0.101. The molecule has 0 fully saturated rings. The van der Waals surface area contributed by atoms with Crippen molar-refractivity contribution in [2.75, 3.05) is 0 Å². The Morgan fingerprint density at radius 2 is 1.61 bits per heavy atom. The van der Waals surface area contributed by atoms with Crippen LogP contribution in [0.2, 0.25) is 0 Å². The third-order valence-electron chi connectivity index (χ3n) is 4.29. The Hall–Kier alpha value is -0.700. The van der Waals surface area contributed by atoms with Gasteiger partial charge in [-0.25, -0.2) is 0 Å². The van der Waals surface area contributed by atoms with E-state index in [4.69, 9.17) is 4.42 Å². The maximum absolute atomic E-state index is 11.6. The van der Waals surface area contributed by atoms with E-state index in [1.807, 2.05) is 0 Å². The third-order valence-corrected chi connectivity index (χ3v) is 5.63. The average molecular weight is 339 g/mol. The largest absolute Gasteiger partial charge is 0.457 e. The van der Waals surface area contributed by atoms with E-state index in [2.05, 4.69) is 13.8 Å². The lowest BCUT2D eigenvalue weighted by Gasteiger charge is -2.15. The fourth-order valence-corrected chi connectivity index (χ4v) is 4.14. The highest BCUT2D eigenvalue weighted by Gasteiger charge is 2.17. The van der Waals surface area contributed by atoms with Gasteiger partial charge in [-0.3, -0.25) is 4.79 Å². The smallest absolute Gasteiger partial charge is 0.171 e. The quantitative estimate of drug-likeness (QED) is 0.203. The summed E-state index contributed by atoms with van der Waals surface area (Å²) in [7, 11) is 0. The molecule has 23 heavy (non-hydrogen) atoms. The van der Waals surface area contributed by atoms with Gasteiger partial charge < -0.3 is 4.42 Å². The van der Waals surface area contributed by atoms with Gasteiger partial charge in [0.15, 0.2) is 10.9 Å². The van der Waals surface area contributed by atoms with E-state index in [-0.39, 0.29) is 5.78 Å². The van der Waals surface area contributed by atoms with Gasteiger partial charge in [-0.15, -0.1) is 0 Å². The van der Waals surface area contributed by atoms with E-state index in [0.29, 0.717) is 5.25 Å². The van der Waals surface area contributed by atoms with Crippen molar-refractivity contribution in [3.8, 4) is 0 Å². The second-order valence-electron chi connectivity index (χ2n) is 6.47. The van der Waals surface area contributed by atoms with Crippen LogP contribution >= 0.6 is 11.8 Å². The topological polar surface area (TPSA) is 30.2 Å². The molecule has 0 saturated carbocycles. The van der Waals surface area contributed by atoms with E-state index in [0.717, 1.165) is 10.7 Å². The first-order valence-electron chi connectivity index (χ1n) is 9.44. The number of Topliss-reactive ketones (excluding diaryl/α,β-unsaturated/α-hetero) is 1. The second-order valence-corrected chi connectivity index (χ2v) is 7.74. The summed E-state index contributed by atoms with van der Waals surface area (Å²) in [5.41, 5.74) is 0.746. The Balaban J connectivity index is 2.37. The van der Waals surface area contributed by atoms with Gasteiger partial charge in [-0.1, -0.05) is 83.4 Å². The highest BCUT2D eigenvalue weighted by molar-refractivity contribution is 7.99. The highest BCUT2D eigenvalue weighted by atomic mass is 32.2. The number of carbonyl (C=O) groups excluding carboxylic acids is 1. The monoisotopic (exact) mass is 338 g/mol. The van der Waals surface area contributed by atoms with Crippen LogP contribution in [0.3, 0.4) is 0 Å². The van der Waals surface area contributed by atoms with E-state index in [1.165, 1.54) is 70.6 Å². The molecular formula is C20H34O2S. The zero-order chi connectivity index (χ0) is 16.9. The van der Waals surface area contributed by atoms with Gasteiger partial charge >= 0.3 is 0 Å². The molecule has 0 aromatic carbocycles. The maximum Gasteiger partial charge on any atom is 0.171 e. The first kappa shape index (κ1) is 20.3. The predicted molar refractivity (Wildman–Crippen MR) is 100 cm³/mol. The first-order chi connectivity index (χ1) is 11.2. The molecule has 0 amide bonds. The number of carbonyl (C=O) groups is 1. The summed E-state index contributed by atoms with van der Waals surface area (Å²) in [5.74, 6) is 0.103. The fraction of sp³-hybridized carbons (Fsp3) is 0.750. The minimum Gasteiger partial charge on any atom is -0.457 e. The molecule has 0 bridgehead atoms. The third kappa shape index (κ3) is 8.64. The molecule has 0 radical (unpaired) electrons. The number of thioether (sulfide) groups is 1. The van der Waals surface area contributed by atoms with Crippen LogP contribution in [0.15, 0.2) is 21.8 Å². The van der Waals surface area contributed by atoms with Gasteiger partial charge in [0, 0.05) is 5.25 Å². The van der Waals surface area contributed by atoms with Crippen molar-refractivity contribution in [3.63, 3.8) is 0 Å². The second kappa shape index (κ2) is 12.7. The number of unbranched alkanes of at least 4 members (excludes halogenated alkanes) is 7. The minimum absolute atomic E-state index is 0.103. The highest BCUT2D eigenvalue weighted by Crippen LogP contribution is 2.33. The molecular weight excluding hydrogens is 304 g/mol. The van der Waals surface area contributed by atoms with Gasteiger partial charge in [0.1, 0.15) is 0 Å². The molecule has 1 heterocycles. The van der Waals surface area contributed by atoms with Crippen molar-refractivity contribution in [2.24, 2.45) is 0 Å². The summed E-state index contributed by atoms with van der Waals surface area (Å²) in [5, 5.41) is 1.40. The van der Waals surface area contributed by atoms with Crippen LogP contribution in [-0.4, -0.2) is 11.0 Å². The molecule has 1 unspecified atom stereocenters. The van der Waals surface area contributed by atoms with Crippen LogP contribution in [0.1, 0.15) is 102 Å². The molecule has 132 valence electrons. The normalized spacial score (nSPS) is 12.5. The summed E-state index contributed by atoms with van der Waals surface area (Å²) in [6.07, 6.45) is 16.0. The summed E-state index contributed by atoms with van der Waals surface area (Å²) in [6, 6.07) is 1.80. The molecule has 1 aromatic heterocycles. The van der Waals surface area contributed by atoms with Gasteiger partial charge in [0.05, 0.1) is 11.8 Å². The molecule has 0 saturated heterocycles. The van der Waals surface area contributed by atoms with Crippen molar-refractivity contribution < 1.29 is 9.21 Å². The molecule has 2 nitrogen and oxygen atoms in total. The Kier molecular flexibility index (Phi) is 11.2. The number of hydrogen-bond donors (Lipinski definition) is 0. The lowest BCUT2D eigenvalue weighted by Crippen LogP contribution is -2.04. The SMILES string of the molecule is CCCCCCCCCC(CCCC)Sc1occc1C(C)=O. The van der Waals surface area contributed by atoms with E-state index >= 15 is 0 Å². The minimum atomic E-state index is 0.103. The van der Waals surface area contributed by atoms with Gasteiger partial charge in [-0.2, -0.15) is 0 Å². The zero-order valence-corrected chi connectivity index (χ0v) is 16.1. The fourth-order valence-electron chi connectivity index (χ4n) is 2.82. The van der Waals surface area contributed by atoms with Crippen LogP contribution in [0.5, 0.6) is 0 Å². The molecule has 0 aliphatic carbocycles. The predicted octanol–water partition coefficient (Wildman–Crippen LogP) is 7.27. The van der Waals surface area contributed by atoms with Crippen molar-refractivity contribution in [1.82, 2.24) is 0 Å². The van der Waals surface area contributed by atoms with Crippen LogP contribution in [-0.2, 0) is 0 Å². The Morgan fingerprint density at radius 3 is 2.26 bits per heavy atom. The van der Waals surface area contributed by atoms with Gasteiger partial charge in [0.2, 0.25) is 0 Å². The van der Waals surface area contributed by atoms with Crippen molar-refractivity contribution in [3.05, 3.63) is 17.9 Å². The summed E-state index contributed by atoms with van der Waals surface area (Å²) in [4.78, 5) is 11.6. The zero-order valence-electron chi connectivity index (χ0n) is 15.2. The van der Waals surface area contributed by atoms with Gasteiger partial charge in [-0.05, 0) is 25.8 Å². The average Bonchev–Trinajstić information content (AvgIpc) is 2.99. The number of ketones is 1. The Labute approximate surface area is 146 Å². The molecule has 0 aliphatic heterocycles. The molecule has 3 heteroatoms. The molecule has 1 rings (SSSR count). The number of furan rings is 1. The number of hydrogen-bond acceptors (Lipinski definition) is 3. The summed E-state index contributed by atoms with van der Waals surface area (Å²) >= 11 is 1.77. The Morgan fingerprint density at radius 1 is 1.00 bits per heavy atom. The van der Waals surface area contributed by atoms with Crippen LogP contribution < -0.4 is 0 Å². The van der Waals surface area contributed by atoms with E-state index < -0.39 is 0 Å². The summed E-state index contributed by atoms with van der Waals surface area (Å²) < 4.78 is 5.55.